The van der Waals surface area contributed by atoms with Gasteiger partial charge in [0.15, 0.2) is 0 Å². The molecule has 86 valence electrons. The largest absolute Gasteiger partial charge is 0.388 e. The molecule has 3 nitrogen and oxygen atoms in total. The predicted molar refractivity (Wildman–Crippen MR) is 61.9 cm³/mol. The lowest BCUT2D eigenvalue weighted by molar-refractivity contribution is -0.131. The Morgan fingerprint density at radius 1 is 1.40 bits per heavy atom. The molecule has 1 saturated heterocycles. The second kappa shape index (κ2) is 4.42. The van der Waals surface area contributed by atoms with E-state index in [4.69, 9.17) is 0 Å². The van der Waals surface area contributed by atoms with Crippen molar-refractivity contribution in [3.05, 3.63) is 0 Å². The van der Waals surface area contributed by atoms with Gasteiger partial charge >= 0.3 is 0 Å². The maximum atomic E-state index is 11.6. The highest BCUT2D eigenvalue weighted by atomic mass is 79.9. The molecule has 2 aliphatic rings. The van der Waals surface area contributed by atoms with E-state index in [1.165, 1.54) is 6.42 Å². The minimum absolute atomic E-state index is 0.177. The van der Waals surface area contributed by atoms with Crippen molar-refractivity contribution in [3.8, 4) is 0 Å². The minimum Gasteiger partial charge on any atom is -0.388 e. The maximum Gasteiger partial charge on any atom is 0.223 e. The third-order valence-electron chi connectivity index (χ3n) is 3.44. The van der Waals surface area contributed by atoms with Crippen LogP contribution in [0.5, 0.6) is 0 Å². The molecule has 1 atom stereocenters. The molecule has 0 aromatic rings. The van der Waals surface area contributed by atoms with E-state index in [2.05, 4.69) is 15.9 Å². The van der Waals surface area contributed by atoms with Crippen LogP contribution in [-0.2, 0) is 4.79 Å². The quantitative estimate of drug-likeness (QED) is 0.779. The monoisotopic (exact) mass is 275 g/mol. The van der Waals surface area contributed by atoms with E-state index < -0.39 is 5.60 Å². The highest BCUT2D eigenvalue weighted by Crippen LogP contribution is 2.30. The van der Waals surface area contributed by atoms with E-state index in [0.29, 0.717) is 13.0 Å². The van der Waals surface area contributed by atoms with Crippen molar-refractivity contribution in [2.24, 2.45) is 0 Å². The van der Waals surface area contributed by atoms with Crippen LogP contribution in [0.25, 0.3) is 0 Å². The Morgan fingerprint density at radius 3 is 2.60 bits per heavy atom. The Balaban J connectivity index is 1.92. The van der Waals surface area contributed by atoms with Gasteiger partial charge in [-0.2, -0.15) is 0 Å². The number of alkyl halides is 1. The fourth-order valence-corrected chi connectivity index (χ4v) is 3.23. The van der Waals surface area contributed by atoms with Crippen LogP contribution < -0.4 is 0 Å². The van der Waals surface area contributed by atoms with Crippen LogP contribution in [-0.4, -0.2) is 39.4 Å². The molecule has 1 heterocycles. The van der Waals surface area contributed by atoms with Crippen LogP contribution >= 0.6 is 15.9 Å². The Kier molecular flexibility index (Phi) is 3.36. The van der Waals surface area contributed by atoms with E-state index in [9.17, 15) is 9.90 Å². The lowest BCUT2D eigenvalue weighted by Crippen LogP contribution is -2.45. The molecule has 1 unspecified atom stereocenters. The summed E-state index contributed by atoms with van der Waals surface area (Å²) in [6.45, 7) is 1.29. The van der Waals surface area contributed by atoms with E-state index in [1.807, 2.05) is 4.90 Å². The molecule has 1 saturated carbocycles. The van der Waals surface area contributed by atoms with Crippen LogP contribution in [0, 0.1) is 0 Å². The van der Waals surface area contributed by atoms with Crippen LogP contribution in [0.3, 0.4) is 0 Å². The Bertz CT molecular complexity index is 251. The summed E-state index contributed by atoms with van der Waals surface area (Å²) in [7, 11) is 0. The zero-order valence-corrected chi connectivity index (χ0v) is 10.5. The molecule has 4 heteroatoms. The van der Waals surface area contributed by atoms with Crippen LogP contribution in [0.1, 0.15) is 38.5 Å². The third-order valence-corrected chi connectivity index (χ3v) is 4.05. The second-order valence-electron chi connectivity index (χ2n) is 4.86. The van der Waals surface area contributed by atoms with Crippen molar-refractivity contribution in [1.29, 1.82) is 0 Å². The predicted octanol–water partition coefficient (Wildman–Crippen LogP) is 1.68. The van der Waals surface area contributed by atoms with Gasteiger partial charge in [-0.1, -0.05) is 35.2 Å². The van der Waals surface area contributed by atoms with Gasteiger partial charge in [0.2, 0.25) is 5.91 Å². The second-order valence-corrected chi connectivity index (χ2v) is 6.16. The summed E-state index contributed by atoms with van der Waals surface area (Å²) >= 11 is 3.46. The first-order valence-electron chi connectivity index (χ1n) is 5.73. The standard InChI is InChI=1S/C11H18BrNO2/c12-9-6-10(14)13(7-9)8-11(15)4-2-1-3-5-11/h9,15H,1-8H2. The zero-order chi connectivity index (χ0) is 10.9. The number of rotatable bonds is 2. The first kappa shape index (κ1) is 11.4. The van der Waals surface area contributed by atoms with Crippen molar-refractivity contribution in [2.75, 3.05) is 13.1 Å². The summed E-state index contributed by atoms with van der Waals surface area (Å²) in [5, 5.41) is 10.3. The molecular weight excluding hydrogens is 258 g/mol. The molecule has 0 radical (unpaired) electrons. The number of hydrogen-bond acceptors (Lipinski definition) is 2. The lowest BCUT2D eigenvalue weighted by atomic mass is 9.84. The van der Waals surface area contributed by atoms with Gasteiger partial charge < -0.3 is 10.0 Å². The number of amides is 1. The van der Waals surface area contributed by atoms with Crippen LogP contribution in [0.4, 0.5) is 0 Å². The normalized spacial score (nSPS) is 30.9. The van der Waals surface area contributed by atoms with E-state index in [-0.39, 0.29) is 10.7 Å². The number of likely N-dealkylation sites (tertiary alicyclic amines) is 1. The fourth-order valence-electron chi connectivity index (χ4n) is 2.60. The third kappa shape index (κ3) is 2.72. The smallest absolute Gasteiger partial charge is 0.223 e. The van der Waals surface area contributed by atoms with Gasteiger partial charge in [0.05, 0.1) is 5.60 Å². The number of halogens is 1. The van der Waals surface area contributed by atoms with Gasteiger partial charge in [-0.3, -0.25) is 4.79 Å². The molecule has 1 aliphatic carbocycles. The van der Waals surface area contributed by atoms with Crippen molar-refractivity contribution in [3.63, 3.8) is 0 Å². The number of carbonyl (C=O) groups is 1. The number of carbonyl (C=O) groups excluding carboxylic acids is 1. The van der Waals surface area contributed by atoms with Gasteiger partial charge in [-0.05, 0) is 12.8 Å². The zero-order valence-electron chi connectivity index (χ0n) is 8.91. The molecular formula is C11H18BrNO2. The summed E-state index contributed by atoms with van der Waals surface area (Å²) in [6.07, 6.45) is 5.69. The van der Waals surface area contributed by atoms with Gasteiger partial charge in [-0.25, -0.2) is 0 Å². The van der Waals surface area contributed by atoms with Crippen LogP contribution in [0.15, 0.2) is 0 Å². The minimum atomic E-state index is -0.606. The summed E-state index contributed by atoms with van der Waals surface area (Å²) in [4.78, 5) is 13.7. The maximum absolute atomic E-state index is 11.6. The van der Waals surface area contributed by atoms with E-state index in [1.54, 1.807) is 0 Å². The Hall–Kier alpha value is -0.0900. The fraction of sp³-hybridized carbons (Fsp3) is 0.909. The van der Waals surface area contributed by atoms with Crippen LogP contribution in [0.2, 0.25) is 0 Å². The van der Waals surface area contributed by atoms with Crippen molar-refractivity contribution in [1.82, 2.24) is 4.90 Å². The van der Waals surface area contributed by atoms with Gasteiger partial charge in [0.1, 0.15) is 0 Å². The lowest BCUT2D eigenvalue weighted by Gasteiger charge is -2.35. The molecule has 1 N–H and O–H groups in total. The Morgan fingerprint density at radius 2 is 2.07 bits per heavy atom. The first-order valence-corrected chi connectivity index (χ1v) is 6.65. The topological polar surface area (TPSA) is 40.5 Å². The van der Waals surface area contributed by atoms with Crippen molar-refractivity contribution in [2.45, 2.75) is 49.0 Å². The molecule has 1 aliphatic heterocycles. The van der Waals surface area contributed by atoms with Crippen molar-refractivity contribution >= 4 is 21.8 Å². The Labute approximate surface area is 99.0 Å². The highest BCUT2D eigenvalue weighted by Gasteiger charge is 2.36. The summed E-state index contributed by atoms with van der Waals surface area (Å²) < 4.78 is 0. The van der Waals surface area contributed by atoms with Gasteiger partial charge in [0.25, 0.3) is 0 Å². The van der Waals surface area contributed by atoms with Gasteiger partial charge in [0, 0.05) is 24.3 Å². The number of nitrogens with zero attached hydrogens (tertiary/aromatic N) is 1. The highest BCUT2D eigenvalue weighted by molar-refractivity contribution is 9.09. The molecule has 0 aromatic heterocycles. The summed E-state index contributed by atoms with van der Waals surface area (Å²) in [5.41, 5.74) is -0.606. The SMILES string of the molecule is O=C1CC(Br)CN1CC1(O)CCCCC1. The first-order chi connectivity index (χ1) is 7.09. The molecule has 15 heavy (non-hydrogen) atoms. The summed E-state index contributed by atoms with van der Waals surface area (Å²) in [6, 6.07) is 0. The summed E-state index contributed by atoms with van der Waals surface area (Å²) in [5.74, 6) is 0.177. The molecule has 2 fully saturated rings. The molecule has 0 aromatic carbocycles. The molecule has 0 bridgehead atoms. The number of aliphatic hydroxyl groups is 1. The van der Waals surface area contributed by atoms with Gasteiger partial charge in [-0.15, -0.1) is 0 Å². The molecule has 0 spiro atoms. The van der Waals surface area contributed by atoms with Crippen molar-refractivity contribution < 1.29 is 9.90 Å². The average molecular weight is 276 g/mol. The number of hydrogen-bond donors (Lipinski definition) is 1. The molecule has 1 amide bonds. The average Bonchev–Trinajstić information content (AvgIpc) is 2.45. The van der Waals surface area contributed by atoms with E-state index >= 15 is 0 Å². The molecule has 2 rings (SSSR count). The van der Waals surface area contributed by atoms with E-state index in [0.717, 1.165) is 32.2 Å². The number of β-amino-alcohol motifs (C(OH)–C–C–N with tert-alkyl or cyclic N) is 1.